The van der Waals surface area contributed by atoms with E-state index in [1.165, 1.54) is 49.1 Å². The van der Waals surface area contributed by atoms with E-state index in [9.17, 15) is 0 Å². The third-order valence-electron chi connectivity index (χ3n) is 5.71. The lowest BCUT2D eigenvalue weighted by Crippen LogP contribution is -2.10. The summed E-state index contributed by atoms with van der Waals surface area (Å²) in [5.41, 5.74) is 1.49. The summed E-state index contributed by atoms with van der Waals surface area (Å²) in [6, 6.07) is 42.0. The summed E-state index contributed by atoms with van der Waals surface area (Å²) in [6.45, 7) is 0. The van der Waals surface area contributed by atoms with Gasteiger partial charge in [-0.25, -0.2) is 0 Å². The Morgan fingerprint density at radius 1 is 0.500 bits per heavy atom. The monoisotopic (exact) mass is 405 g/mol. The van der Waals surface area contributed by atoms with Gasteiger partial charge in [-0.05, 0) is 70.3 Å². The van der Waals surface area contributed by atoms with Gasteiger partial charge in [-0.2, -0.15) is 0 Å². The smallest absolute Gasteiger partial charge is 0.0619 e. The van der Waals surface area contributed by atoms with Crippen LogP contribution < -0.4 is 0 Å². The average molecular weight is 406 g/mol. The quantitative estimate of drug-likeness (QED) is 0.201. The average Bonchev–Trinajstić information content (AvgIpc) is 2.82. The molecule has 146 valence electrons. The molecule has 1 heteroatoms. The van der Waals surface area contributed by atoms with Crippen molar-refractivity contribution in [3.05, 3.63) is 121 Å². The lowest BCUT2D eigenvalue weighted by Gasteiger charge is -2.12. The zero-order valence-electron chi connectivity index (χ0n) is 17.0. The number of hydrogen-bond acceptors (Lipinski definition) is 0. The van der Waals surface area contributed by atoms with E-state index < -0.39 is 0 Å². The number of rotatable bonds is 6. The number of benzene rings is 5. The maximum Gasteiger partial charge on any atom is 0.160 e. The Morgan fingerprint density at radius 2 is 0.967 bits per heavy atom. The topological polar surface area (TPSA) is 0 Å². The van der Waals surface area contributed by atoms with E-state index in [1.807, 2.05) is 0 Å². The molecule has 0 saturated carbocycles. The Hall–Kier alpha value is -3.03. The van der Waals surface area contributed by atoms with Gasteiger partial charge in [0.1, 0.15) is 5.75 Å². The van der Waals surface area contributed by atoms with Crippen molar-refractivity contribution in [3.8, 4) is 0 Å². The molecule has 0 aliphatic rings. The standard InChI is InChI=1S/C29H25S/c1-3-14-25(15-4-1)30(26-16-5-2-6-17-26)21-11-20-29-27-18-9-7-12-23(27)22-24-13-8-10-19-28(24)29/h1-10,12-19,22H,11,20-21H2/q+1. The van der Waals surface area contributed by atoms with Gasteiger partial charge in [0.05, 0.1) is 10.9 Å². The van der Waals surface area contributed by atoms with Gasteiger partial charge >= 0.3 is 0 Å². The molecule has 0 heterocycles. The molecule has 0 unspecified atom stereocenters. The fraction of sp³-hybridized carbons (Fsp3) is 0.103. The van der Waals surface area contributed by atoms with Gasteiger partial charge in [-0.3, -0.25) is 0 Å². The molecule has 0 fully saturated rings. The van der Waals surface area contributed by atoms with Crippen molar-refractivity contribution in [2.24, 2.45) is 0 Å². The Morgan fingerprint density at radius 3 is 1.50 bits per heavy atom. The first-order valence-electron chi connectivity index (χ1n) is 10.6. The summed E-state index contributed by atoms with van der Waals surface area (Å²) >= 11 is 0. The third-order valence-corrected chi connectivity index (χ3v) is 8.09. The first kappa shape index (κ1) is 19.0. The first-order valence-corrected chi connectivity index (χ1v) is 12.0. The van der Waals surface area contributed by atoms with Crippen LogP contribution in [0.25, 0.3) is 21.5 Å². The van der Waals surface area contributed by atoms with Crippen molar-refractivity contribution < 1.29 is 0 Å². The minimum atomic E-state index is 0.108. The zero-order valence-corrected chi connectivity index (χ0v) is 17.8. The van der Waals surface area contributed by atoms with Crippen molar-refractivity contribution in [3.63, 3.8) is 0 Å². The van der Waals surface area contributed by atoms with Crippen molar-refractivity contribution in [1.82, 2.24) is 0 Å². The van der Waals surface area contributed by atoms with Gasteiger partial charge < -0.3 is 0 Å². The van der Waals surface area contributed by atoms with Crippen LogP contribution >= 0.6 is 0 Å². The fourth-order valence-electron chi connectivity index (χ4n) is 4.31. The highest BCUT2D eigenvalue weighted by Crippen LogP contribution is 2.31. The van der Waals surface area contributed by atoms with Crippen LogP contribution in [0.2, 0.25) is 0 Å². The van der Waals surface area contributed by atoms with E-state index in [-0.39, 0.29) is 10.9 Å². The zero-order chi connectivity index (χ0) is 20.2. The second kappa shape index (κ2) is 8.77. The minimum Gasteiger partial charge on any atom is -0.0619 e. The molecule has 0 amide bonds. The SMILES string of the molecule is c1ccc([S+](CCCc2c3ccccc3cc3ccccc23)c2ccccc2)cc1. The molecule has 0 radical (unpaired) electrons. The molecule has 5 aromatic rings. The van der Waals surface area contributed by atoms with Crippen LogP contribution in [0.1, 0.15) is 12.0 Å². The molecular weight excluding hydrogens is 380 g/mol. The van der Waals surface area contributed by atoms with E-state index >= 15 is 0 Å². The van der Waals surface area contributed by atoms with E-state index in [2.05, 4.69) is 115 Å². The van der Waals surface area contributed by atoms with Crippen molar-refractivity contribution >= 4 is 32.4 Å². The predicted molar refractivity (Wildman–Crippen MR) is 131 cm³/mol. The summed E-state index contributed by atoms with van der Waals surface area (Å²) < 4.78 is 0. The van der Waals surface area contributed by atoms with Crippen molar-refractivity contribution in [2.45, 2.75) is 22.6 Å². The van der Waals surface area contributed by atoms with E-state index in [0.717, 1.165) is 6.42 Å². The number of fused-ring (bicyclic) bond motifs is 2. The number of hydrogen-bond donors (Lipinski definition) is 0. The van der Waals surface area contributed by atoms with Gasteiger partial charge in [0.2, 0.25) is 0 Å². The van der Waals surface area contributed by atoms with Gasteiger partial charge in [-0.1, -0.05) is 84.9 Å². The maximum atomic E-state index is 2.33. The molecule has 0 N–H and O–H groups in total. The second-order valence-electron chi connectivity index (χ2n) is 7.62. The van der Waals surface area contributed by atoms with Crippen LogP contribution in [0, 0.1) is 0 Å². The lowest BCUT2D eigenvalue weighted by atomic mass is 9.94. The second-order valence-corrected chi connectivity index (χ2v) is 9.75. The summed E-state index contributed by atoms with van der Waals surface area (Å²) in [5, 5.41) is 5.48. The summed E-state index contributed by atoms with van der Waals surface area (Å²) in [4.78, 5) is 2.87. The molecule has 0 nitrogen and oxygen atoms in total. The summed E-state index contributed by atoms with van der Waals surface area (Å²) in [5.74, 6) is 1.17. The molecule has 0 aromatic heterocycles. The van der Waals surface area contributed by atoms with Crippen LogP contribution in [-0.4, -0.2) is 5.75 Å². The molecule has 0 bridgehead atoms. The molecule has 0 saturated heterocycles. The Bertz CT molecular complexity index is 1170. The Kier molecular flexibility index (Phi) is 5.54. The van der Waals surface area contributed by atoms with Crippen LogP contribution in [0.4, 0.5) is 0 Å². The highest BCUT2D eigenvalue weighted by Gasteiger charge is 2.24. The number of aryl methyl sites for hydroxylation is 1. The molecule has 0 atom stereocenters. The fourth-order valence-corrected chi connectivity index (χ4v) is 6.46. The highest BCUT2D eigenvalue weighted by molar-refractivity contribution is 7.97. The summed E-state index contributed by atoms with van der Waals surface area (Å²) in [7, 11) is 0.108. The molecule has 0 aliphatic heterocycles. The largest absolute Gasteiger partial charge is 0.160 e. The third kappa shape index (κ3) is 3.86. The predicted octanol–water partition coefficient (Wildman–Crippen LogP) is 7.66. The van der Waals surface area contributed by atoms with E-state index in [1.54, 1.807) is 0 Å². The minimum absolute atomic E-state index is 0.108. The summed E-state index contributed by atoms with van der Waals surface area (Å²) in [6.07, 6.45) is 2.27. The van der Waals surface area contributed by atoms with Gasteiger partial charge in [0.15, 0.2) is 9.79 Å². The van der Waals surface area contributed by atoms with Gasteiger partial charge in [0.25, 0.3) is 0 Å². The molecule has 5 aromatic carbocycles. The van der Waals surface area contributed by atoms with Crippen LogP contribution in [-0.2, 0) is 17.3 Å². The van der Waals surface area contributed by atoms with Crippen LogP contribution in [0.15, 0.2) is 125 Å². The van der Waals surface area contributed by atoms with E-state index in [0.29, 0.717) is 0 Å². The molecular formula is C29H25S+. The lowest BCUT2D eigenvalue weighted by molar-refractivity contribution is 0.942. The van der Waals surface area contributed by atoms with Crippen LogP contribution in [0.3, 0.4) is 0 Å². The van der Waals surface area contributed by atoms with Gasteiger partial charge in [0, 0.05) is 0 Å². The highest BCUT2D eigenvalue weighted by atomic mass is 32.2. The van der Waals surface area contributed by atoms with Crippen molar-refractivity contribution in [2.75, 3.05) is 5.75 Å². The Balaban J connectivity index is 1.47. The van der Waals surface area contributed by atoms with Gasteiger partial charge in [-0.15, -0.1) is 0 Å². The van der Waals surface area contributed by atoms with Crippen molar-refractivity contribution in [1.29, 1.82) is 0 Å². The van der Waals surface area contributed by atoms with E-state index in [4.69, 9.17) is 0 Å². The molecule has 30 heavy (non-hydrogen) atoms. The molecule has 0 aliphatic carbocycles. The Labute approximate surface area is 181 Å². The molecule has 0 spiro atoms. The maximum absolute atomic E-state index is 2.33. The normalized spacial score (nSPS) is 11.4. The molecule has 5 rings (SSSR count). The van der Waals surface area contributed by atoms with Crippen LogP contribution in [0.5, 0.6) is 0 Å². The first-order chi connectivity index (χ1) is 14.9.